The number of nitrogens with zero attached hydrogens (tertiary/aromatic N) is 4. The average molecular weight is 288 g/mol. The van der Waals surface area contributed by atoms with E-state index in [0.717, 1.165) is 41.0 Å². The Morgan fingerprint density at radius 1 is 1.25 bits per heavy atom. The van der Waals surface area contributed by atoms with Crippen LogP contribution in [-0.2, 0) is 0 Å². The van der Waals surface area contributed by atoms with Gasteiger partial charge in [-0.25, -0.2) is 0 Å². The summed E-state index contributed by atoms with van der Waals surface area (Å²) in [5, 5.41) is 14.1. The smallest absolute Gasteiger partial charge is 0.209 e. The fourth-order valence-electron chi connectivity index (χ4n) is 2.53. The number of aromatic nitrogens is 3. The molecule has 3 aromatic heterocycles. The molecule has 0 spiro atoms. The molecule has 0 saturated carbocycles. The van der Waals surface area contributed by atoms with Crippen LogP contribution in [0.5, 0.6) is 0 Å². The van der Waals surface area contributed by atoms with Crippen molar-refractivity contribution < 1.29 is 8.94 Å². The van der Waals surface area contributed by atoms with Gasteiger partial charge in [0.05, 0.1) is 12.3 Å². The molecule has 102 valence electrons. The van der Waals surface area contributed by atoms with Crippen molar-refractivity contribution in [1.82, 2.24) is 15.4 Å². The van der Waals surface area contributed by atoms with Crippen LogP contribution in [0.25, 0.3) is 10.7 Å². The number of rotatable bonds is 3. The highest BCUT2D eigenvalue weighted by atomic mass is 32.1. The maximum Gasteiger partial charge on any atom is 0.209 e. The van der Waals surface area contributed by atoms with Gasteiger partial charge in [0.25, 0.3) is 0 Å². The van der Waals surface area contributed by atoms with Gasteiger partial charge in [0, 0.05) is 12.6 Å². The summed E-state index contributed by atoms with van der Waals surface area (Å²) in [6, 6.07) is 5.98. The van der Waals surface area contributed by atoms with Gasteiger partial charge in [0.2, 0.25) is 5.13 Å². The predicted molar refractivity (Wildman–Crippen MR) is 73.4 cm³/mol. The number of furan rings is 1. The van der Waals surface area contributed by atoms with Crippen molar-refractivity contribution >= 4 is 16.5 Å². The van der Waals surface area contributed by atoms with Gasteiger partial charge in [-0.15, -0.1) is 10.2 Å². The van der Waals surface area contributed by atoms with Crippen molar-refractivity contribution in [3.8, 4) is 10.7 Å². The zero-order valence-corrected chi connectivity index (χ0v) is 11.4. The summed E-state index contributed by atoms with van der Waals surface area (Å²) in [5.74, 6) is 0.987. The third-order valence-electron chi connectivity index (χ3n) is 3.44. The second kappa shape index (κ2) is 4.75. The molecule has 0 unspecified atom stereocenters. The molecule has 20 heavy (non-hydrogen) atoms. The molecule has 3 aromatic rings. The summed E-state index contributed by atoms with van der Waals surface area (Å²) < 4.78 is 10.4. The first-order chi connectivity index (χ1) is 9.92. The van der Waals surface area contributed by atoms with Crippen molar-refractivity contribution in [2.45, 2.75) is 18.9 Å². The Bertz CT molecular complexity index is 677. The van der Waals surface area contributed by atoms with Gasteiger partial charge in [-0.2, -0.15) is 0 Å². The lowest BCUT2D eigenvalue weighted by atomic mass is 10.2. The molecule has 4 heterocycles. The van der Waals surface area contributed by atoms with Gasteiger partial charge in [0.1, 0.15) is 17.7 Å². The largest absolute Gasteiger partial charge is 0.467 e. The highest BCUT2D eigenvalue weighted by molar-refractivity contribution is 7.18. The Labute approximate surface area is 119 Å². The molecule has 0 amide bonds. The lowest BCUT2D eigenvalue weighted by molar-refractivity contribution is 0.422. The van der Waals surface area contributed by atoms with E-state index in [1.807, 2.05) is 12.1 Å². The fraction of sp³-hybridized carbons (Fsp3) is 0.308. The van der Waals surface area contributed by atoms with Crippen LogP contribution in [0.4, 0.5) is 5.13 Å². The van der Waals surface area contributed by atoms with E-state index in [2.05, 4.69) is 20.3 Å². The van der Waals surface area contributed by atoms with Crippen molar-refractivity contribution in [2.75, 3.05) is 11.4 Å². The SMILES string of the molecule is c1coc([C@H]2CCCN2c2nnc(-c3ccon3)s2)c1. The molecule has 0 aromatic carbocycles. The number of hydrogen-bond donors (Lipinski definition) is 0. The van der Waals surface area contributed by atoms with Gasteiger partial charge in [-0.05, 0) is 25.0 Å². The molecule has 1 aliphatic heterocycles. The van der Waals surface area contributed by atoms with Crippen molar-refractivity contribution in [1.29, 1.82) is 0 Å². The molecule has 0 radical (unpaired) electrons. The normalized spacial score (nSPS) is 18.8. The van der Waals surface area contributed by atoms with E-state index in [1.54, 1.807) is 12.3 Å². The van der Waals surface area contributed by atoms with Crippen molar-refractivity contribution in [2.24, 2.45) is 0 Å². The van der Waals surface area contributed by atoms with Crippen LogP contribution in [-0.4, -0.2) is 21.9 Å². The van der Waals surface area contributed by atoms with Gasteiger partial charge in [0.15, 0.2) is 5.01 Å². The van der Waals surface area contributed by atoms with Gasteiger partial charge < -0.3 is 13.8 Å². The summed E-state index contributed by atoms with van der Waals surface area (Å²) in [5.41, 5.74) is 0.725. The van der Waals surface area contributed by atoms with Crippen LogP contribution in [0, 0.1) is 0 Å². The van der Waals surface area contributed by atoms with Crippen LogP contribution in [0.2, 0.25) is 0 Å². The molecule has 1 atom stereocenters. The fourth-order valence-corrected chi connectivity index (χ4v) is 3.41. The second-order valence-electron chi connectivity index (χ2n) is 4.64. The Morgan fingerprint density at radius 2 is 2.25 bits per heavy atom. The average Bonchev–Trinajstić information content (AvgIpc) is 3.23. The van der Waals surface area contributed by atoms with Crippen molar-refractivity contribution in [3.63, 3.8) is 0 Å². The summed E-state index contributed by atoms with van der Waals surface area (Å²) in [6.07, 6.45) is 5.46. The molecule has 1 saturated heterocycles. The Kier molecular flexibility index (Phi) is 2.77. The highest BCUT2D eigenvalue weighted by Gasteiger charge is 2.30. The summed E-state index contributed by atoms with van der Waals surface area (Å²) >= 11 is 1.53. The Hall–Kier alpha value is -2.15. The van der Waals surface area contributed by atoms with Crippen LogP contribution in [0.1, 0.15) is 24.6 Å². The molecular weight excluding hydrogens is 276 g/mol. The third kappa shape index (κ3) is 1.90. The van der Waals surface area contributed by atoms with E-state index < -0.39 is 0 Å². The third-order valence-corrected chi connectivity index (χ3v) is 4.42. The quantitative estimate of drug-likeness (QED) is 0.737. The minimum Gasteiger partial charge on any atom is -0.467 e. The van der Waals surface area contributed by atoms with E-state index in [1.165, 1.54) is 17.6 Å². The predicted octanol–water partition coefficient (Wildman–Crippen LogP) is 3.13. The zero-order valence-electron chi connectivity index (χ0n) is 10.6. The second-order valence-corrected chi connectivity index (χ2v) is 5.60. The standard InChI is InChI=1S/C13H12N4O2S/c1-3-10(11-4-2-7-18-11)17(6-1)13-15-14-12(20-13)9-5-8-19-16-9/h2,4-5,7-8,10H,1,3,6H2/t10-/m1/s1. The van der Waals surface area contributed by atoms with E-state index >= 15 is 0 Å². The zero-order chi connectivity index (χ0) is 13.4. The Morgan fingerprint density at radius 3 is 3.05 bits per heavy atom. The van der Waals surface area contributed by atoms with E-state index in [4.69, 9.17) is 8.94 Å². The highest BCUT2D eigenvalue weighted by Crippen LogP contribution is 2.38. The van der Waals surface area contributed by atoms with Gasteiger partial charge in [-0.1, -0.05) is 16.5 Å². The van der Waals surface area contributed by atoms with Crippen molar-refractivity contribution in [3.05, 3.63) is 36.5 Å². The molecule has 1 aliphatic rings. The topological polar surface area (TPSA) is 68.2 Å². The molecule has 0 aliphatic carbocycles. The first-order valence-corrected chi connectivity index (χ1v) is 7.28. The molecule has 7 heteroatoms. The number of anilines is 1. The monoisotopic (exact) mass is 288 g/mol. The lowest BCUT2D eigenvalue weighted by Crippen LogP contribution is -2.21. The summed E-state index contributed by atoms with van der Waals surface area (Å²) in [6.45, 7) is 0.971. The summed E-state index contributed by atoms with van der Waals surface area (Å²) in [7, 11) is 0. The molecular formula is C13H12N4O2S. The first kappa shape index (κ1) is 11.7. The molecule has 6 nitrogen and oxygen atoms in total. The maximum absolute atomic E-state index is 5.54. The summed E-state index contributed by atoms with van der Waals surface area (Å²) in [4.78, 5) is 2.25. The molecule has 4 rings (SSSR count). The maximum atomic E-state index is 5.54. The van der Waals surface area contributed by atoms with E-state index in [0.29, 0.717) is 0 Å². The van der Waals surface area contributed by atoms with Gasteiger partial charge >= 0.3 is 0 Å². The first-order valence-electron chi connectivity index (χ1n) is 6.46. The van der Waals surface area contributed by atoms with Crippen LogP contribution < -0.4 is 4.90 Å². The molecule has 0 bridgehead atoms. The van der Waals surface area contributed by atoms with Gasteiger partial charge in [-0.3, -0.25) is 0 Å². The molecule has 0 N–H and O–H groups in total. The van der Waals surface area contributed by atoms with E-state index in [9.17, 15) is 0 Å². The molecule has 1 fully saturated rings. The lowest BCUT2D eigenvalue weighted by Gasteiger charge is -2.21. The minimum absolute atomic E-state index is 0.253. The van der Waals surface area contributed by atoms with Crippen LogP contribution in [0.3, 0.4) is 0 Å². The van der Waals surface area contributed by atoms with Crippen LogP contribution >= 0.6 is 11.3 Å². The van der Waals surface area contributed by atoms with Crippen LogP contribution in [0.15, 0.2) is 39.7 Å². The Balaban J connectivity index is 1.64. The van der Waals surface area contributed by atoms with E-state index in [-0.39, 0.29) is 6.04 Å². The number of hydrogen-bond acceptors (Lipinski definition) is 7. The minimum atomic E-state index is 0.253.